The quantitative estimate of drug-likeness (QED) is 0.655. The van der Waals surface area contributed by atoms with Crippen molar-refractivity contribution >= 4 is 5.96 Å². The Kier molecular flexibility index (Phi) is 4.91. The lowest BCUT2D eigenvalue weighted by Gasteiger charge is -2.11. The van der Waals surface area contributed by atoms with Crippen LogP contribution >= 0.6 is 0 Å². The first-order chi connectivity index (χ1) is 11.3. The number of nitrogens with one attached hydrogen (secondary N) is 2. The molecule has 0 saturated heterocycles. The highest BCUT2D eigenvalue weighted by atomic mass is 19.1. The zero-order chi connectivity index (χ0) is 16.1. The van der Waals surface area contributed by atoms with Crippen LogP contribution in [0.4, 0.5) is 4.39 Å². The summed E-state index contributed by atoms with van der Waals surface area (Å²) >= 11 is 0. The molecule has 0 spiro atoms. The summed E-state index contributed by atoms with van der Waals surface area (Å²) in [6.07, 6.45) is 0.941. The van der Waals surface area contributed by atoms with Gasteiger partial charge < -0.3 is 10.6 Å². The van der Waals surface area contributed by atoms with Crippen LogP contribution in [0.25, 0.3) is 0 Å². The number of rotatable bonds is 5. The average molecular weight is 311 g/mol. The van der Waals surface area contributed by atoms with Gasteiger partial charge in [0.1, 0.15) is 5.82 Å². The minimum atomic E-state index is -0.118. The molecule has 0 aliphatic heterocycles. The predicted octanol–water partition coefficient (Wildman–Crippen LogP) is 3.44. The zero-order valence-electron chi connectivity index (χ0n) is 13.3. The molecule has 3 rings (SSSR count). The van der Waals surface area contributed by atoms with Gasteiger partial charge in [0, 0.05) is 18.5 Å². The molecule has 0 bridgehead atoms. The highest BCUT2D eigenvalue weighted by Gasteiger charge is 2.40. The van der Waals surface area contributed by atoms with Crippen LogP contribution in [0.3, 0.4) is 0 Å². The van der Waals surface area contributed by atoms with Gasteiger partial charge in [-0.3, -0.25) is 0 Å². The highest BCUT2D eigenvalue weighted by Crippen LogP contribution is 2.41. The van der Waals surface area contributed by atoms with Crippen LogP contribution in [-0.2, 0) is 6.54 Å². The van der Waals surface area contributed by atoms with Crippen molar-refractivity contribution in [1.29, 1.82) is 0 Å². The summed E-state index contributed by atoms with van der Waals surface area (Å²) in [6, 6.07) is 17.4. The fraction of sp³-hybridized carbons (Fsp3) is 0.316. The van der Waals surface area contributed by atoms with Gasteiger partial charge in [-0.2, -0.15) is 0 Å². The molecule has 2 N–H and O–H groups in total. The third-order valence-electron chi connectivity index (χ3n) is 4.02. The Morgan fingerprint density at radius 2 is 1.87 bits per heavy atom. The highest BCUT2D eigenvalue weighted by molar-refractivity contribution is 5.80. The lowest BCUT2D eigenvalue weighted by molar-refractivity contribution is 0.607. The molecule has 2 unspecified atom stereocenters. The van der Waals surface area contributed by atoms with E-state index in [4.69, 9.17) is 0 Å². The van der Waals surface area contributed by atoms with E-state index in [1.54, 1.807) is 6.07 Å². The monoisotopic (exact) mass is 311 g/mol. The van der Waals surface area contributed by atoms with Gasteiger partial charge in [0.25, 0.3) is 0 Å². The van der Waals surface area contributed by atoms with E-state index in [1.165, 1.54) is 11.6 Å². The van der Waals surface area contributed by atoms with Crippen LogP contribution in [0.5, 0.6) is 0 Å². The molecule has 1 saturated carbocycles. The standard InChI is InChI=1S/C19H22FN3/c1-2-21-19(22-13-14-8-4-3-5-9-14)23-18-12-16(18)15-10-6-7-11-17(15)20/h3-11,16,18H,2,12-13H2,1H3,(H2,21,22,23). The number of aliphatic imine (C=N–C) groups is 1. The van der Waals surface area contributed by atoms with Crippen LogP contribution in [0.1, 0.15) is 30.4 Å². The number of hydrogen-bond donors (Lipinski definition) is 2. The maximum absolute atomic E-state index is 13.8. The van der Waals surface area contributed by atoms with Crippen molar-refractivity contribution in [2.24, 2.45) is 4.99 Å². The van der Waals surface area contributed by atoms with Crippen molar-refractivity contribution in [3.63, 3.8) is 0 Å². The lowest BCUT2D eigenvalue weighted by Crippen LogP contribution is -2.39. The minimum absolute atomic E-state index is 0.118. The lowest BCUT2D eigenvalue weighted by atomic mass is 10.1. The van der Waals surface area contributed by atoms with E-state index in [0.717, 1.165) is 24.5 Å². The third-order valence-corrected chi connectivity index (χ3v) is 4.02. The second kappa shape index (κ2) is 7.27. The number of hydrogen-bond acceptors (Lipinski definition) is 1. The number of halogens is 1. The molecule has 1 fully saturated rings. The smallest absolute Gasteiger partial charge is 0.191 e. The van der Waals surface area contributed by atoms with Crippen molar-refractivity contribution in [2.45, 2.75) is 31.8 Å². The molecule has 0 heterocycles. The molecule has 1 aliphatic rings. The number of nitrogens with zero attached hydrogens (tertiary/aromatic N) is 1. The summed E-state index contributed by atoms with van der Waals surface area (Å²) in [5.41, 5.74) is 1.97. The van der Waals surface area contributed by atoms with Gasteiger partial charge in [0.05, 0.1) is 6.54 Å². The first-order valence-corrected chi connectivity index (χ1v) is 8.11. The molecular weight excluding hydrogens is 289 g/mol. The first-order valence-electron chi connectivity index (χ1n) is 8.11. The van der Waals surface area contributed by atoms with Gasteiger partial charge in [-0.05, 0) is 30.5 Å². The number of benzene rings is 2. The second-order valence-corrected chi connectivity index (χ2v) is 5.80. The molecule has 4 heteroatoms. The Hall–Kier alpha value is -2.36. The normalized spacial score (nSPS) is 20.2. The van der Waals surface area contributed by atoms with Crippen LogP contribution in [0.2, 0.25) is 0 Å². The van der Waals surface area contributed by atoms with E-state index in [2.05, 4.69) is 27.8 Å². The maximum atomic E-state index is 13.8. The summed E-state index contributed by atoms with van der Waals surface area (Å²) in [4.78, 5) is 4.62. The van der Waals surface area contributed by atoms with E-state index in [-0.39, 0.29) is 17.8 Å². The van der Waals surface area contributed by atoms with Gasteiger partial charge in [0.2, 0.25) is 0 Å². The third kappa shape index (κ3) is 4.09. The second-order valence-electron chi connectivity index (χ2n) is 5.80. The van der Waals surface area contributed by atoms with E-state index < -0.39 is 0 Å². The number of guanidine groups is 1. The van der Waals surface area contributed by atoms with Crippen molar-refractivity contribution < 1.29 is 4.39 Å². The van der Waals surface area contributed by atoms with Crippen LogP contribution < -0.4 is 10.6 Å². The summed E-state index contributed by atoms with van der Waals surface area (Å²) in [5, 5.41) is 6.67. The van der Waals surface area contributed by atoms with E-state index in [9.17, 15) is 4.39 Å². The Balaban J connectivity index is 1.61. The van der Waals surface area contributed by atoms with Crippen molar-refractivity contribution in [2.75, 3.05) is 6.54 Å². The maximum Gasteiger partial charge on any atom is 0.191 e. The summed E-state index contributed by atoms with van der Waals surface area (Å²) < 4.78 is 13.8. The van der Waals surface area contributed by atoms with Gasteiger partial charge in [-0.25, -0.2) is 9.38 Å². The Morgan fingerprint density at radius 1 is 1.13 bits per heavy atom. The first kappa shape index (κ1) is 15.5. The molecule has 1 aliphatic carbocycles. The molecule has 120 valence electrons. The van der Waals surface area contributed by atoms with E-state index in [0.29, 0.717) is 6.54 Å². The van der Waals surface area contributed by atoms with Crippen molar-refractivity contribution in [1.82, 2.24) is 10.6 Å². The van der Waals surface area contributed by atoms with Gasteiger partial charge in [-0.1, -0.05) is 48.5 Å². The van der Waals surface area contributed by atoms with E-state index in [1.807, 2.05) is 37.3 Å². The fourth-order valence-corrected chi connectivity index (χ4v) is 2.72. The van der Waals surface area contributed by atoms with E-state index >= 15 is 0 Å². The Morgan fingerprint density at radius 3 is 2.61 bits per heavy atom. The molecule has 0 aromatic heterocycles. The van der Waals surface area contributed by atoms with Crippen LogP contribution in [0.15, 0.2) is 59.6 Å². The molecule has 2 atom stereocenters. The Labute approximate surface area is 136 Å². The molecule has 3 nitrogen and oxygen atoms in total. The topological polar surface area (TPSA) is 36.4 Å². The molecule has 0 radical (unpaired) electrons. The minimum Gasteiger partial charge on any atom is -0.357 e. The molecule has 2 aromatic carbocycles. The molecule has 0 amide bonds. The molecule has 23 heavy (non-hydrogen) atoms. The summed E-state index contributed by atoms with van der Waals surface area (Å²) in [7, 11) is 0. The van der Waals surface area contributed by atoms with Gasteiger partial charge in [0.15, 0.2) is 5.96 Å². The fourth-order valence-electron chi connectivity index (χ4n) is 2.72. The average Bonchev–Trinajstić information content (AvgIpc) is 3.33. The van der Waals surface area contributed by atoms with Gasteiger partial charge in [-0.15, -0.1) is 0 Å². The SMILES string of the molecule is CCNC(=NCc1ccccc1)NC1CC1c1ccccc1F. The summed E-state index contributed by atoms with van der Waals surface area (Å²) in [6.45, 7) is 3.48. The molecule has 2 aromatic rings. The van der Waals surface area contributed by atoms with Crippen molar-refractivity contribution in [3.05, 3.63) is 71.5 Å². The van der Waals surface area contributed by atoms with Gasteiger partial charge >= 0.3 is 0 Å². The summed E-state index contributed by atoms with van der Waals surface area (Å²) in [5.74, 6) is 0.907. The predicted molar refractivity (Wildman–Crippen MR) is 91.9 cm³/mol. The molecular formula is C19H22FN3. The van der Waals surface area contributed by atoms with Crippen LogP contribution in [0, 0.1) is 5.82 Å². The van der Waals surface area contributed by atoms with Crippen molar-refractivity contribution in [3.8, 4) is 0 Å². The van der Waals surface area contributed by atoms with Crippen LogP contribution in [-0.4, -0.2) is 18.5 Å². The largest absolute Gasteiger partial charge is 0.357 e. The Bertz CT molecular complexity index is 669. The zero-order valence-corrected chi connectivity index (χ0v) is 13.3.